The molecular formula is C14H18N4O. The van der Waals surface area contributed by atoms with Crippen LogP contribution in [0.3, 0.4) is 0 Å². The normalized spacial score (nSPS) is 14.6. The quantitative estimate of drug-likeness (QED) is 0.855. The van der Waals surface area contributed by atoms with E-state index in [2.05, 4.69) is 15.6 Å². The van der Waals surface area contributed by atoms with Gasteiger partial charge in [0.1, 0.15) is 5.75 Å². The van der Waals surface area contributed by atoms with Crippen molar-refractivity contribution in [3.05, 3.63) is 41.7 Å². The highest BCUT2D eigenvalue weighted by Crippen LogP contribution is 2.19. The molecule has 3 rings (SSSR count). The third-order valence-corrected chi connectivity index (χ3v) is 3.26. The van der Waals surface area contributed by atoms with E-state index in [1.165, 1.54) is 12.8 Å². The Labute approximate surface area is 112 Å². The van der Waals surface area contributed by atoms with E-state index in [4.69, 9.17) is 4.74 Å². The zero-order valence-electron chi connectivity index (χ0n) is 11.0. The van der Waals surface area contributed by atoms with Gasteiger partial charge in [-0.25, -0.2) is 4.68 Å². The summed E-state index contributed by atoms with van der Waals surface area (Å²) in [5.41, 5.74) is 2.10. The van der Waals surface area contributed by atoms with Crippen molar-refractivity contribution < 1.29 is 4.74 Å². The topological polar surface area (TPSA) is 52.0 Å². The molecule has 1 fully saturated rings. The van der Waals surface area contributed by atoms with E-state index < -0.39 is 0 Å². The monoisotopic (exact) mass is 258 g/mol. The maximum Gasteiger partial charge on any atom is 0.123 e. The van der Waals surface area contributed by atoms with Crippen molar-refractivity contribution >= 4 is 0 Å². The van der Waals surface area contributed by atoms with Crippen LogP contribution in [0.2, 0.25) is 0 Å². The Morgan fingerprint density at radius 1 is 1.37 bits per heavy atom. The molecule has 1 saturated carbocycles. The Bertz CT molecular complexity index is 548. The van der Waals surface area contributed by atoms with Crippen molar-refractivity contribution in [1.82, 2.24) is 20.3 Å². The fourth-order valence-electron chi connectivity index (χ4n) is 2.04. The van der Waals surface area contributed by atoms with Crippen LogP contribution in [0.4, 0.5) is 0 Å². The predicted molar refractivity (Wildman–Crippen MR) is 72.0 cm³/mol. The van der Waals surface area contributed by atoms with Crippen LogP contribution in [0, 0.1) is 0 Å². The van der Waals surface area contributed by atoms with E-state index in [0.717, 1.165) is 23.6 Å². The van der Waals surface area contributed by atoms with E-state index in [1.807, 2.05) is 35.1 Å². The fraction of sp³-hybridized carbons (Fsp3) is 0.429. The first-order valence-electron chi connectivity index (χ1n) is 6.59. The SMILES string of the molecule is COc1ccccc1Cn1cc(CNC2CC2)nn1. The number of aromatic nitrogens is 3. The van der Waals surface area contributed by atoms with E-state index >= 15 is 0 Å². The average Bonchev–Trinajstić information content (AvgIpc) is 3.17. The Morgan fingerprint density at radius 3 is 3.00 bits per heavy atom. The molecule has 0 unspecified atom stereocenters. The van der Waals surface area contributed by atoms with Crippen LogP contribution < -0.4 is 10.1 Å². The minimum Gasteiger partial charge on any atom is -0.496 e. The van der Waals surface area contributed by atoms with Gasteiger partial charge >= 0.3 is 0 Å². The van der Waals surface area contributed by atoms with Gasteiger partial charge in [-0.05, 0) is 18.9 Å². The molecule has 1 N–H and O–H groups in total. The number of para-hydroxylation sites is 1. The third-order valence-electron chi connectivity index (χ3n) is 3.26. The predicted octanol–water partition coefficient (Wildman–Crippen LogP) is 1.59. The molecule has 0 bridgehead atoms. The molecule has 0 saturated heterocycles. The lowest BCUT2D eigenvalue weighted by Crippen LogP contribution is -2.15. The van der Waals surface area contributed by atoms with E-state index in [9.17, 15) is 0 Å². The number of hydrogen-bond acceptors (Lipinski definition) is 4. The second-order valence-electron chi connectivity index (χ2n) is 4.87. The molecule has 0 aliphatic heterocycles. The standard InChI is InChI=1S/C14H18N4O/c1-19-14-5-3-2-4-11(14)9-18-10-13(16-17-18)8-15-12-6-7-12/h2-5,10,12,15H,6-9H2,1H3. The molecule has 1 aromatic carbocycles. The first-order valence-corrected chi connectivity index (χ1v) is 6.59. The van der Waals surface area contributed by atoms with Crippen LogP contribution in [-0.4, -0.2) is 28.1 Å². The van der Waals surface area contributed by atoms with Crippen molar-refractivity contribution in [3.8, 4) is 5.75 Å². The zero-order chi connectivity index (χ0) is 13.1. The number of ether oxygens (including phenoxy) is 1. The molecule has 1 aromatic heterocycles. The highest BCUT2D eigenvalue weighted by molar-refractivity contribution is 5.33. The van der Waals surface area contributed by atoms with Gasteiger partial charge in [-0.3, -0.25) is 0 Å². The molecular weight excluding hydrogens is 240 g/mol. The van der Waals surface area contributed by atoms with Crippen LogP contribution in [0.25, 0.3) is 0 Å². The number of methoxy groups -OCH3 is 1. The fourth-order valence-corrected chi connectivity index (χ4v) is 2.04. The van der Waals surface area contributed by atoms with Crippen molar-refractivity contribution in [2.75, 3.05) is 7.11 Å². The van der Waals surface area contributed by atoms with Gasteiger partial charge in [-0.1, -0.05) is 23.4 Å². The molecule has 1 aliphatic carbocycles. The van der Waals surface area contributed by atoms with E-state index in [0.29, 0.717) is 12.6 Å². The Hall–Kier alpha value is -1.88. The number of nitrogens with one attached hydrogen (secondary N) is 1. The van der Waals surface area contributed by atoms with Crippen LogP contribution in [0.5, 0.6) is 5.75 Å². The van der Waals surface area contributed by atoms with Crippen molar-refractivity contribution in [3.63, 3.8) is 0 Å². The summed E-state index contributed by atoms with van der Waals surface area (Å²) < 4.78 is 7.19. The van der Waals surface area contributed by atoms with Crippen LogP contribution in [0.15, 0.2) is 30.5 Å². The van der Waals surface area contributed by atoms with Crippen molar-refractivity contribution in [2.24, 2.45) is 0 Å². The lowest BCUT2D eigenvalue weighted by molar-refractivity contribution is 0.407. The summed E-state index contributed by atoms with van der Waals surface area (Å²) >= 11 is 0. The molecule has 1 aliphatic rings. The van der Waals surface area contributed by atoms with Gasteiger partial charge in [0.25, 0.3) is 0 Å². The minimum atomic E-state index is 0.681. The molecule has 5 nitrogen and oxygen atoms in total. The lowest BCUT2D eigenvalue weighted by Gasteiger charge is -2.07. The highest BCUT2D eigenvalue weighted by Gasteiger charge is 2.20. The lowest BCUT2D eigenvalue weighted by atomic mass is 10.2. The number of benzene rings is 1. The molecule has 19 heavy (non-hydrogen) atoms. The van der Waals surface area contributed by atoms with Gasteiger partial charge in [0.2, 0.25) is 0 Å². The third kappa shape index (κ3) is 3.12. The summed E-state index contributed by atoms with van der Waals surface area (Å²) in [5, 5.41) is 11.8. The van der Waals surface area contributed by atoms with Gasteiger partial charge in [-0.2, -0.15) is 0 Å². The molecule has 100 valence electrons. The summed E-state index contributed by atoms with van der Waals surface area (Å²) in [6.45, 7) is 1.48. The molecule has 2 aromatic rings. The molecule has 0 radical (unpaired) electrons. The van der Waals surface area contributed by atoms with Crippen LogP contribution in [-0.2, 0) is 13.1 Å². The average molecular weight is 258 g/mol. The van der Waals surface area contributed by atoms with Gasteiger partial charge in [0.15, 0.2) is 0 Å². The number of nitrogens with zero attached hydrogens (tertiary/aromatic N) is 3. The van der Waals surface area contributed by atoms with Gasteiger partial charge in [-0.15, -0.1) is 5.10 Å². The van der Waals surface area contributed by atoms with Gasteiger partial charge in [0.05, 0.1) is 25.5 Å². The van der Waals surface area contributed by atoms with Gasteiger partial charge in [0, 0.05) is 18.2 Å². The molecule has 1 heterocycles. The maximum atomic E-state index is 5.34. The van der Waals surface area contributed by atoms with Gasteiger partial charge < -0.3 is 10.1 Å². The second-order valence-corrected chi connectivity index (χ2v) is 4.87. The first-order chi connectivity index (χ1) is 9.35. The Kier molecular flexibility index (Phi) is 3.46. The van der Waals surface area contributed by atoms with Crippen LogP contribution >= 0.6 is 0 Å². The number of rotatable bonds is 6. The van der Waals surface area contributed by atoms with Crippen molar-refractivity contribution in [2.45, 2.75) is 32.0 Å². The zero-order valence-corrected chi connectivity index (χ0v) is 11.0. The maximum absolute atomic E-state index is 5.34. The van der Waals surface area contributed by atoms with E-state index in [-0.39, 0.29) is 0 Å². The summed E-state index contributed by atoms with van der Waals surface area (Å²) in [6, 6.07) is 8.67. The summed E-state index contributed by atoms with van der Waals surface area (Å²) in [6.07, 6.45) is 4.56. The van der Waals surface area contributed by atoms with E-state index in [1.54, 1.807) is 7.11 Å². The molecule has 0 spiro atoms. The molecule has 0 atom stereocenters. The second kappa shape index (κ2) is 5.40. The molecule has 5 heteroatoms. The largest absolute Gasteiger partial charge is 0.496 e. The Morgan fingerprint density at radius 2 is 2.21 bits per heavy atom. The summed E-state index contributed by atoms with van der Waals surface area (Å²) in [4.78, 5) is 0. The summed E-state index contributed by atoms with van der Waals surface area (Å²) in [7, 11) is 1.69. The van der Waals surface area contributed by atoms with Crippen molar-refractivity contribution in [1.29, 1.82) is 0 Å². The highest BCUT2D eigenvalue weighted by atomic mass is 16.5. The molecule has 0 amide bonds. The Balaban J connectivity index is 1.65. The van der Waals surface area contributed by atoms with Crippen LogP contribution in [0.1, 0.15) is 24.1 Å². The minimum absolute atomic E-state index is 0.681. The smallest absolute Gasteiger partial charge is 0.123 e. The summed E-state index contributed by atoms with van der Waals surface area (Å²) in [5.74, 6) is 0.885. The number of hydrogen-bond donors (Lipinski definition) is 1. The first kappa shape index (κ1) is 12.2.